The molecule has 0 aromatic heterocycles. The van der Waals surface area contributed by atoms with Gasteiger partial charge in [-0.2, -0.15) is 0 Å². The molecule has 0 saturated carbocycles. The predicted molar refractivity (Wildman–Crippen MR) is 67.3 cm³/mol. The topological polar surface area (TPSA) is 40.5 Å². The van der Waals surface area contributed by atoms with E-state index >= 15 is 0 Å². The van der Waals surface area contributed by atoms with Gasteiger partial charge in [0, 0.05) is 6.54 Å². The minimum Gasteiger partial charge on any atom is -0.394 e. The molecule has 0 spiro atoms. The summed E-state index contributed by atoms with van der Waals surface area (Å²) < 4.78 is 0. The van der Waals surface area contributed by atoms with Gasteiger partial charge in [0.2, 0.25) is 0 Å². The van der Waals surface area contributed by atoms with Crippen LogP contribution < -0.4 is 0 Å². The van der Waals surface area contributed by atoms with Gasteiger partial charge in [-0.1, -0.05) is 23.7 Å². The second kappa shape index (κ2) is 5.07. The average molecular weight is 254 g/mol. The Morgan fingerprint density at radius 1 is 1.59 bits per heavy atom. The molecule has 2 rings (SSSR count). The molecule has 0 unspecified atom stereocenters. The van der Waals surface area contributed by atoms with E-state index in [9.17, 15) is 9.90 Å². The smallest absolute Gasteiger partial charge is 0.255 e. The lowest BCUT2D eigenvalue weighted by Gasteiger charge is -2.23. The van der Waals surface area contributed by atoms with Crippen LogP contribution in [-0.2, 0) is 0 Å². The van der Waals surface area contributed by atoms with Crippen molar-refractivity contribution < 1.29 is 9.90 Å². The quantitative estimate of drug-likeness (QED) is 0.878. The summed E-state index contributed by atoms with van der Waals surface area (Å²) in [5.74, 6) is -0.0738. The number of rotatable bonds is 2. The van der Waals surface area contributed by atoms with E-state index in [4.69, 9.17) is 11.6 Å². The third-order valence-corrected chi connectivity index (χ3v) is 3.77. The second-order valence-electron chi connectivity index (χ2n) is 4.41. The molecule has 4 heteroatoms. The van der Waals surface area contributed by atoms with Crippen molar-refractivity contribution in [3.8, 4) is 0 Å². The van der Waals surface area contributed by atoms with E-state index in [-0.39, 0.29) is 18.6 Å². The number of aliphatic hydroxyl groups excluding tert-OH is 1. The number of halogens is 1. The number of amides is 1. The van der Waals surface area contributed by atoms with Gasteiger partial charge in [0.25, 0.3) is 5.91 Å². The molecule has 1 fully saturated rings. The number of hydrogen-bond acceptors (Lipinski definition) is 2. The first-order valence-electron chi connectivity index (χ1n) is 5.82. The van der Waals surface area contributed by atoms with Crippen LogP contribution >= 0.6 is 11.6 Å². The van der Waals surface area contributed by atoms with Crippen molar-refractivity contribution in [1.29, 1.82) is 0 Å². The molecule has 3 nitrogen and oxygen atoms in total. The number of likely N-dealkylation sites (tertiary alicyclic amines) is 1. The van der Waals surface area contributed by atoms with Crippen LogP contribution in [0.1, 0.15) is 28.8 Å². The highest BCUT2D eigenvalue weighted by Gasteiger charge is 2.29. The van der Waals surface area contributed by atoms with Crippen molar-refractivity contribution in [3.63, 3.8) is 0 Å². The Morgan fingerprint density at radius 2 is 2.35 bits per heavy atom. The van der Waals surface area contributed by atoms with Crippen LogP contribution in [0.25, 0.3) is 0 Å². The molecule has 1 aliphatic rings. The van der Waals surface area contributed by atoms with Crippen molar-refractivity contribution in [1.82, 2.24) is 4.90 Å². The number of benzene rings is 1. The number of aliphatic hydroxyl groups is 1. The molecular formula is C13H16ClNO2. The number of nitrogens with zero attached hydrogens (tertiary/aromatic N) is 1. The van der Waals surface area contributed by atoms with Gasteiger partial charge in [0.1, 0.15) is 0 Å². The van der Waals surface area contributed by atoms with Gasteiger partial charge in [0.05, 0.1) is 23.2 Å². The van der Waals surface area contributed by atoms with Crippen LogP contribution in [0.3, 0.4) is 0 Å². The van der Waals surface area contributed by atoms with Crippen molar-refractivity contribution in [2.75, 3.05) is 13.2 Å². The summed E-state index contributed by atoms with van der Waals surface area (Å²) in [6.45, 7) is 2.61. The van der Waals surface area contributed by atoms with Crippen LogP contribution in [0.2, 0.25) is 5.02 Å². The standard InChI is InChI=1S/C13H16ClNO2/c1-9-4-2-6-11(12(9)14)13(17)15-7-3-5-10(15)8-16/h2,4,6,10,16H,3,5,7-8H2,1H3/t10-/m1/s1. The molecule has 0 aliphatic carbocycles. The fourth-order valence-electron chi connectivity index (χ4n) is 2.26. The second-order valence-corrected chi connectivity index (χ2v) is 4.79. The van der Waals surface area contributed by atoms with Crippen molar-refractivity contribution in [2.45, 2.75) is 25.8 Å². The summed E-state index contributed by atoms with van der Waals surface area (Å²) in [5.41, 5.74) is 1.43. The Hall–Kier alpha value is -1.06. The van der Waals surface area contributed by atoms with Gasteiger partial charge >= 0.3 is 0 Å². The Kier molecular flexibility index (Phi) is 3.69. The number of aryl methyl sites for hydroxylation is 1. The fourth-order valence-corrected chi connectivity index (χ4v) is 2.47. The highest BCUT2D eigenvalue weighted by molar-refractivity contribution is 6.34. The molecule has 0 bridgehead atoms. The highest BCUT2D eigenvalue weighted by atomic mass is 35.5. The summed E-state index contributed by atoms with van der Waals surface area (Å²) in [6.07, 6.45) is 1.81. The Labute approximate surface area is 106 Å². The SMILES string of the molecule is Cc1cccc(C(=O)N2CCC[C@@H]2CO)c1Cl. The van der Waals surface area contributed by atoms with Gasteiger partial charge in [-0.05, 0) is 31.4 Å². The lowest BCUT2D eigenvalue weighted by atomic mass is 10.1. The third kappa shape index (κ3) is 2.31. The monoisotopic (exact) mass is 253 g/mol. The van der Waals surface area contributed by atoms with E-state index in [0.29, 0.717) is 17.1 Å². The summed E-state index contributed by atoms with van der Waals surface area (Å²) in [6, 6.07) is 5.40. The first kappa shape index (κ1) is 12.4. The molecule has 1 aromatic carbocycles. The zero-order chi connectivity index (χ0) is 12.4. The molecule has 1 atom stereocenters. The van der Waals surface area contributed by atoms with Crippen LogP contribution in [0.4, 0.5) is 0 Å². The van der Waals surface area contributed by atoms with E-state index in [1.54, 1.807) is 11.0 Å². The first-order valence-corrected chi connectivity index (χ1v) is 6.20. The van der Waals surface area contributed by atoms with Crippen LogP contribution in [-0.4, -0.2) is 35.1 Å². The predicted octanol–water partition coefficient (Wildman–Crippen LogP) is 2.25. The molecule has 1 N–H and O–H groups in total. The normalized spacial score (nSPS) is 19.7. The van der Waals surface area contributed by atoms with E-state index in [2.05, 4.69) is 0 Å². The lowest BCUT2D eigenvalue weighted by molar-refractivity contribution is 0.0677. The summed E-state index contributed by atoms with van der Waals surface area (Å²) >= 11 is 6.15. The van der Waals surface area contributed by atoms with E-state index in [1.807, 2.05) is 19.1 Å². The van der Waals surface area contributed by atoms with Crippen LogP contribution in [0.15, 0.2) is 18.2 Å². The zero-order valence-corrected chi connectivity index (χ0v) is 10.6. The van der Waals surface area contributed by atoms with E-state index < -0.39 is 0 Å². The van der Waals surface area contributed by atoms with E-state index in [0.717, 1.165) is 18.4 Å². The summed E-state index contributed by atoms with van der Waals surface area (Å²) in [7, 11) is 0. The van der Waals surface area contributed by atoms with Gasteiger partial charge < -0.3 is 10.0 Å². The minimum atomic E-state index is -0.0738. The van der Waals surface area contributed by atoms with Crippen molar-refractivity contribution in [3.05, 3.63) is 34.3 Å². The van der Waals surface area contributed by atoms with Gasteiger partial charge in [-0.25, -0.2) is 0 Å². The molecule has 1 heterocycles. The molecular weight excluding hydrogens is 238 g/mol. The molecule has 0 radical (unpaired) electrons. The molecule has 92 valence electrons. The molecule has 1 amide bonds. The van der Waals surface area contributed by atoms with Gasteiger partial charge in [-0.15, -0.1) is 0 Å². The summed E-state index contributed by atoms with van der Waals surface area (Å²) in [4.78, 5) is 14.0. The lowest BCUT2D eigenvalue weighted by Crippen LogP contribution is -2.37. The number of carbonyl (C=O) groups is 1. The van der Waals surface area contributed by atoms with Crippen LogP contribution in [0.5, 0.6) is 0 Å². The molecule has 1 aromatic rings. The number of carbonyl (C=O) groups excluding carboxylic acids is 1. The Morgan fingerprint density at radius 3 is 3.06 bits per heavy atom. The Balaban J connectivity index is 2.28. The van der Waals surface area contributed by atoms with Gasteiger partial charge in [0.15, 0.2) is 0 Å². The van der Waals surface area contributed by atoms with Crippen molar-refractivity contribution in [2.24, 2.45) is 0 Å². The number of hydrogen-bond donors (Lipinski definition) is 1. The maximum Gasteiger partial charge on any atom is 0.255 e. The first-order chi connectivity index (χ1) is 8.15. The molecule has 1 saturated heterocycles. The molecule has 1 aliphatic heterocycles. The maximum absolute atomic E-state index is 12.3. The van der Waals surface area contributed by atoms with Crippen LogP contribution in [0, 0.1) is 6.92 Å². The minimum absolute atomic E-state index is 0.0230. The van der Waals surface area contributed by atoms with Gasteiger partial charge in [-0.3, -0.25) is 4.79 Å². The maximum atomic E-state index is 12.3. The summed E-state index contributed by atoms with van der Waals surface area (Å²) in [5, 5.41) is 9.74. The zero-order valence-electron chi connectivity index (χ0n) is 9.82. The third-order valence-electron chi connectivity index (χ3n) is 3.27. The average Bonchev–Trinajstić information content (AvgIpc) is 2.80. The molecule has 17 heavy (non-hydrogen) atoms. The fraction of sp³-hybridized carbons (Fsp3) is 0.462. The Bertz CT molecular complexity index is 433. The largest absolute Gasteiger partial charge is 0.394 e. The van der Waals surface area contributed by atoms with Crippen molar-refractivity contribution >= 4 is 17.5 Å². The van der Waals surface area contributed by atoms with E-state index in [1.165, 1.54) is 0 Å². The highest BCUT2D eigenvalue weighted by Crippen LogP contribution is 2.25.